The van der Waals surface area contributed by atoms with Crippen LogP contribution in [0.4, 0.5) is 14.5 Å². The molecule has 0 aliphatic carbocycles. The zero-order chi connectivity index (χ0) is 31.2. The van der Waals surface area contributed by atoms with E-state index >= 15 is 0 Å². The molecule has 0 saturated carbocycles. The monoisotopic (exact) mass is 591 g/mol. The van der Waals surface area contributed by atoms with Gasteiger partial charge < -0.3 is 5.32 Å². The summed E-state index contributed by atoms with van der Waals surface area (Å²) in [5, 5.41) is 6.15. The molecular weight excluding hydrogens is 544 g/mol. The van der Waals surface area contributed by atoms with Crippen molar-refractivity contribution in [3.8, 4) is 0 Å². The lowest BCUT2D eigenvalue weighted by Gasteiger charge is -2.11. The molecule has 226 valence electrons. The highest BCUT2D eigenvalue weighted by atomic mass is 35.5. The zero-order valence-electron chi connectivity index (χ0n) is 25.7. The van der Waals surface area contributed by atoms with E-state index in [9.17, 15) is 8.78 Å². The van der Waals surface area contributed by atoms with Crippen LogP contribution in [0.1, 0.15) is 75.4 Å². The molecule has 0 spiro atoms. The second kappa shape index (κ2) is 18.7. The van der Waals surface area contributed by atoms with E-state index < -0.39 is 5.92 Å². The van der Waals surface area contributed by atoms with Crippen molar-refractivity contribution in [2.75, 3.05) is 5.32 Å². The normalized spacial score (nSPS) is 10.2. The van der Waals surface area contributed by atoms with Crippen LogP contribution in [0.3, 0.4) is 0 Å². The van der Waals surface area contributed by atoms with Crippen LogP contribution in [-0.4, -0.2) is 0 Å². The molecule has 42 heavy (non-hydrogen) atoms. The summed E-state index contributed by atoms with van der Waals surface area (Å²) in [6.07, 6.45) is 6.14. The Balaban J connectivity index is 0.000000588. The van der Waals surface area contributed by atoms with E-state index in [4.69, 9.17) is 11.6 Å². The highest BCUT2D eigenvalue weighted by molar-refractivity contribution is 6.31. The van der Waals surface area contributed by atoms with Crippen LogP contribution in [-0.2, 0) is 5.92 Å². The molecular formula is C38H48ClF2N. The van der Waals surface area contributed by atoms with E-state index in [1.807, 2.05) is 45.0 Å². The summed E-state index contributed by atoms with van der Waals surface area (Å²) >= 11 is 5.69. The minimum atomic E-state index is -2.81. The fourth-order valence-electron chi connectivity index (χ4n) is 3.81. The number of nitrogens with one attached hydrogen (secondary N) is 1. The van der Waals surface area contributed by atoms with E-state index in [1.54, 1.807) is 13.0 Å². The Hall–Kier alpha value is -3.69. The highest BCUT2D eigenvalue weighted by Gasteiger charge is 2.24. The van der Waals surface area contributed by atoms with Crippen LogP contribution >= 0.6 is 11.6 Å². The molecule has 4 rings (SSSR count). The number of anilines is 1. The lowest BCUT2D eigenvalue weighted by molar-refractivity contribution is 0.0175. The van der Waals surface area contributed by atoms with Crippen LogP contribution in [0.5, 0.6) is 0 Å². The quantitative estimate of drug-likeness (QED) is 0.243. The molecule has 4 aromatic carbocycles. The molecule has 0 unspecified atom stereocenters. The lowest BCUT2D eigenvalue weighted by atomic mass is 9.98. The number of benzene rings is 4. The van der Waals surface area contributed by atoms with Gasteiger partial charge in [0, 0.05) is 28.9 Å². The first kappa shape index (κ1) is 38.3. The molecule has 0 fully saturated rings. The van der Waals surface area contributed by atoms with Gasteiger partial charge in [0.05, 0.1) is 0 Å². The topological polar surface area (TPSA) is 12.0 Å². The molecule has 0 radical (unpaired) electrons. The molecule has 0 heterocycles. The van der Waals surface area contributed by atoms with Crippen LogP contribution in [0.15, 0.2) is 97.7 Å². The molecule has 0 atom stereocenters. The maximum absolute atomic E-state index is 12.7. The molecule has 0 aliphatic rings. The molecule has 1 nitrogen and oxygen atoms in total. The summed E-state index contributed by atoms with van der Waals surface area (Å²) in [6.45, 7) is 22.4. The Morgan fingerprint density at radius 2 is 1.50 bits per heavy atom. The predicted octanol–water partition coefficient (Wildman–Crippen LogP) is 13.2. The number of allylic oxidation sites excluding steroid dienone is 2. The SMILES string of the molecule is C.C=C(C)Nc1ccccc1C.C=Cc1ccc2c(/C=C\C)c(C)ccc2c1.CC.Cc1ccc(C(C)(F)F)cc1Cl. The summed E-state index contributed by atoms with van der Waals surface area (Å²) in [6, 6.07) is 23.3. The molecule has 0 bridgehead atoms. The van der Waals surface area contributed by atoms with Crippen LogP contribution in [0, 0.1) is 20.8 Å². The number of hydrogen-bond donors (Lipinski definition) is 1. The van der Waals surface area contributed by atoms with Crippen LogP contribution in [0.25, 0.3) is 22.9 Å². The first-order chi connectivity index (χ1) is 19.4. The number of rotatable bonds is 5. The Morgan fingerprint density at radius 1 is 0.881 bits per heavy atom. The summed E-state index contributed by atoms with van der Waals surface area (Å²) < 4.78 is 25.4. The van der Waals surface area contributed by atoms with Crippen molar-refractivity contribution >= 4 is 40.2 Å². The lowest BCUT2D eigenvalue weighted by Crippen LogP contribution is -2.06. The van der Waals surface area contributed by atoms with Gasteiger partial charge in [-0.2, -0.15) is 0 Å². The van der Waals surface area contributed by atoms with Crippen molar-refractivity contribution in [3.05, 3.63) is 136 Å². The van der Waals surface area contributed by atoms with Gasteiger partial charge in [-0.15, -0.1) is 0 Å². The second-order valence-corrected chi connectivity index (χ2v) is 9.96. The van der Waals surface area contributed by atoms with Crippen molar-refractivity contribution in [1.82, 2.24) is 0 Å². The van der Waals surface area contributed by atoms with Gasteiger partial charge in [0.25, 0.3) is 5.92 Å². The van der Waals surface area contributed by atoms with Crippen molar-refractivity contribution in [2.24, 2.45) is 0 Å². The average Bonchev–Trinajstić information content (AvgIpc) is 2.94. The number of halogens is 3. The van der Waals surface area contributed by atoms with E-state index in [-0.39, 0.29) is 13.0 Å². The van der Waals surface area contributed by atoms with Crippen LogP contribution in [0.2, 0.25) is 5.02 Å². The number of alkyl halides is 2. The van der Waals surface area contributed by atoms with Gasteiger partial charge in [0.1, 0.15) is 0 Å². The summed E-state index contributed by atoms with van der Waals surface area (Å²) in [5.74, 6) is -2.81. The standard InChI is InChI=1S/C16H16.C10H13N.C9H9ClF2.C2H6.CH4/c1-4-6-15-12(3)7-9-14-11-13(5-2)8-10-16(14)15;1-8(2)11-10-7-5-4-6-9(10)3;1-6-3-4-7(5-8(6)10)9(2,11)12;1-2;/h4-11H,2H2,1,3H3;4-7,11H,1H2,2-3H3;3-5H,1-2H3;1-2H3;1H4/b6-4-;;;;. The van der Waals surface area contributed by atoms with Gasteiger partial charge in [-0.05, 0) is 91.4 Å². The highest BCUT2D eigenvalue weighted by Crippen LogP contribution is 2.30. The number of fused-ring (bicyclic) bond motifs is 1. The fraction of sp³-hybridized carbons (Fsp3) is 0.263. The van der Waals surface area contributed by atoms with Gasteiger partial charge in [-0.1, -0.05) is 119 Å². The van der Waals surface area contributed by atoms with Crippen molar-refractivity contribution in [3.63, 3.8) is 0 Å². The van der Waals surface area contributed by atoms with E-state index in [2.05, 4.69) is 87.8 Å². The Kier molecular flexibility index (Phi) is 17.0. The van der Waals surface area contributed by atoms with Gasteiger partial charge in [-0.25, -0.2) is 8.78 Å². The summed E-state index contributed by atoms with van der Waals surface area (Å²) in [7, 11) is 0. The molecule has 0 amide bonds. The summed E-state index contributed by atoms with van der Waals surface area (Å²) in [5.41, 5.74) is 7.92. The zero-order valence-corrected chi connectivity index (χ0v) is 26.5. The number of para-hydroxylation sites is 1. The minimum absolute atomic E-state index is 0. The molecule has 1 N–H and O–H groups in total. The third kappa shape index (κ3) is 12.0. The first-order valence-electron chi connectivity index (χ1n) is 13.8. The summed E-state index contributed by atoms with van der Waals surface area (Å²) in [4.78, 5) is 0. The van der Waals surface area contributed by atoms with Gasteiger partial charge in [-0.3, -0.25) is 0 Å². The minimum Gasteiger partial charge on any atom is -0.360 e. The first-order valence-corrected chi connectivity index (χ1v) is 14.2. The van der Waals surface area contributed by atoms with Crippen molar-refractivity contribution in [2.45, 2.75) is 68.7 Å². The Bertz CT molecular complexity index is 1460. The maximum Gasteiger partial charge on any atom is 0.270 e. The van der Waals surface area contributed by atoms with Gasteiger partial charge in [0.15, 0.2) is 0 Å². The number of aryl methyl sites for hydroxylation is 3. The van der Waals surface area contributed by atoms with Crippen LogP contribution < -0.4 is 5.32 Å². The van der Waals surface area contributed by atoms with E-state index in [1.165, 1.54) is 45.2 Å². The molecule has 0 saturated heterocycles. The third-order valence-corrected chi connectivity index (χ3v) is 6.45. The molecule has 4 aromatic rings. The van der Waals surface area contributed by atoms with Gasteiger partial charge >= 0.3 is 0 Å². The smallest absolute Gasteiger partial charge is 0.270 e. The molecule has 4 heteroatoms. The van der Waals surface area contributed by atoms with Gasteiger partial charge in [0.2, 0.25) is 0 Å². The van der Waals surface area contributed by atoms with E-state index in [0.29, 0.717) is 5.02 Å². The van der Waals surface area contributed by atoms with Crippen molar-refractivity contribution < 1.29 is 8.78 Å². The molecule has 0 aliphatic heterocycles. The predicted molar refractivity (Wildman–Crippen MR) is 187 cm³/mol. The maximum atomic E-state index is 12.7. The Morgan fingerprint density at radius 3 is 2.02 bits per heavy atom. The number of hydrogen-bond acceptors (Lipinski definition) is 1. The fourth-order valence-corrected chi connectivity index (χ4v) is 3.99. The van der Waals surface area contributed by atoms with Crippen molar-refractivity contribution in [1.29, 1.82) is 0 Å². The Labute approximate surface area is 258 Å². The second-order valence-electron chi connectivity index (χ2n) is 9.55. The van der Waals surface area contributed by atoms with E-state index in [0.717, 1.165) is 23.9 Å². The largest absolute Gasteiger partial charge is 0.360 e. The third-order valence-electron chi connectivity index (χ3n) is 6.04. The molecule has 0 aromatic heterocycles. The average molecular weight is 592 g/mol.